The van der Waals surface area contributed by atoms with Crippen LogP contribution in [-0.4, -0.2) is 83.4 Å². The zero-order chi connectivity index (χ0) is 32.2. The molecule has 3 amide bonds. The highest BCUT2D eigenvalue weighted by molar-refractivity contribution is 7.91. The van der Waals surface area contributed by atoms with Gasteiger partial charge in [0.2, 0.25) is 5.31 Å². The third-order valence-electron chi connectivity index (χ3n) is 6.09. The first-order valence-corrected chi connectivity index (χ1v) is 16.8. The number of nitrogens with zero attached hydrogens (tertiary/aromatic N) is 2. The summed E-state index contributed by atoms with van der Waals surface area (Å²) in [6, 6.07) is 10.1. The van der Waals surface area contributed by atoms with Crippen molar-refractivity contribution in [2.45, 2.75) is 29.2 Å². The monoisotopic (exact) mass is 660 g/mol. The molecule has 1 aliphatic heterocycles. The minimum Gasteiger partial charge on any atom is -0.611 e. The average molecular weight is 661 g/mol. The lowest BCUT2D eigenvalue weighted by molar-refractivity contribution is -0.358. The van der Waals surface area contributed by atoms with Gasteiger partial charge in [0.1, 0.15) is 5.95 Å². The minimum absolute atomic E-state index is 0.325. The Hall–Kier alpha value is -3.60. The van der Waals surface area contributed by atoms with Gasteiger partial charge < -0.3 is 14.6 Å². The summed E-state index contributed by atoms with van der Waals surface area (Å²) in [6.45, 7) is 1.74. The Morgan fingerprint density at radius 2 is 1.23 bits per heavy atom. The molecule has 0 bridgehead atoms. The van der Waals surface area contributed by atoms with E-state index in [1.165, 1.54) is 50.2 Å². The van der Waals surface area contributed by atoms with E-state index in [1.807, 2.05) is 0 Å². The number of esters is 1. The second kappa shape index (κ2) is 13.0. The van der Waals surface area contributed by atoms with Gasteiger partial charge in [-0.2, -0.15) is 17.9 Å². The molecule has 3 rings (SSSR count). The second-order valence-corrected chi connectivity index (χ2v) is 14.4. The number of amides is 3. The number of carbonyl (C=O) groups excluding carboxylic acids is 3. The van der Waals surface area contributed by atoms with Crippen molar-refractivity contribution in [1.82, 2.24) is 8.61 Å². The number of imide groups is 1. The first kappa shape index (κ1) is 33.9. The zero-order valence-corrected chi connectivity index (χ0v) is 26.2. The number of hydrogen-bond donors (Lipinski definition) is 0. The summed E-state index contributed by atoms with van der Waals surface area (Å²) in [5.74, 6) is -5.39. The lowest BCUT2D eigenvalue weighted by Gasteiger charge is -2.36. The lowest BCUT2D eigenvalue weighted by Crippen LogP contribution is -2.61. The lowest BCUT2D eigenvalue weighted by atomic mass is 9.99. The summed E-state index contributed by atoms with van der Waals surface area (Å²) in [5.41, 5.74) is -3.72. The van der Waals surface area contributed by atoms with E-state index in [4.69, 9.17) is 23.0 Å². The van der Waals surface area contributed by atoms with Gasteiger partial charge >= 0.3 is 25.5 Å². The van der Waals surface area contributed by atoms with Crippen molar-refractivity contribution in [3.63, 3.8) is 0 Å². The van der Waals surface area contributed by atoms with Gasteiger partial charge in [0.05, 0.1) is 37.7 Å². The molecule has 15 nitrogen and oxygen atoms in total. The third kappa shape index (κ3) is 5.36. The van der Waals surface area contributed by atoms with Crippen molar-refractivity contribution >= 4 is 45.9 Å². The largest absolute Gasteiger partial charge is 0.611 e. The molecule has 2 aromatic carbocycles. The molecule has 1 saturated heterocycles. The molecule has 18 heteroatoms. The van der Waals surface area contributed by atoms with E-state index in [0.717, 1.165) is 45.6 Å². The van der Waals surface area contributed by atoms with Crippen LogP contribution in [0.4, 0.5) is 4.79 Å². The standard InChI is InChI=1S/C25H29N2O13PS2/c1-6-39-21(28)20(41(36-3,37-4)38-5)25(23(30)40-7-2)22(29)26(42(32,33)18-14-10-8-11-15-18)24(31)27(25)43(34,35)19-16-12-9-13-17-19/h8-17H,6-7H2,1-5H3/b21-20-. The fraction of sp³-hybridized carbons (Fsp3) is 0.320. The molecule has 2 aromatic rings. The first-order valence-electron chi connectivity index (χ1n) is 12.4. The van der Waals surface area contributed by atoms with Crippen LogP contribution in [0.5, 0.6) is 0 Å². The van der Waals surface area contributed by atoms with Crippen LogP contribution >= 0.6 is 7.94 Å². The summed E-state index contributed by atoms with van der Waals surface area (Å²) < 4.78 is 81.6. The molecule has 0 spiro atoms. The smallest absolute Gasteiger partial charge is 0.449 e. The van der Waals surface area contributed by atoms with E-state index < -0.39 is 90.0 Å². The Labute approximate surface area is 249 Å². The molecule has 0 saturated carbocycles. The van der Waals surface area contributed by atoms with E-state index in [2.05, 4.69) is 0 Å². The normalized spacial score (nSPS) is 18.4. The van der Waals surface area contributed by atoms with Crippen molar-refractivity contribution in [3.05, 3.63) is 71.9 Å². The van der Waals surface area contributed by atoms with Crippen molar-refractivity contribution in [1.29, 1.82) is 0 Å². The molecular weight excluding hydrogens is 631 g/mol. The third-order valence-corrected chi connectivity index (χ3v) is 12.0. The maximum Gasteiger partial charge on any atom is 0.449 e. The predicted molar refractivity (Wildman–Crippen MR) is 147 cm³/mol. The fourth-order valence-electron chi connectivity index (χ4n) is 4.29. The van der Waals surface area contributed by atoms with Gasteiger partial charge in [-0.15, -0.1) is 4.31 Å². The Morgan fingerprint density at radius 3 is 1.65 bits per heavy atom. The number of rotatable bonds is 13. The van der Waals surface area contributed by atoms with Crippen molar-refractivity contribution < 1.29 is 59.4 Å². The van der Waals surface area contributed by atoms with E-state index in [0.29, 0.717) is 0 Å². The molecule has 1 unspecified atom stereocenters. The Morgan fingerprint density at radius 1 is 0.791 bits per heavy atom. The van der Waals surface area contributed by atoms with Gasteiger partial charge in [-0.05, 0) is 37.8 Å². The van der Waals surface area contributed by atoms with E-state index >= 15 is 0 Å². The minimum atomic E-state index is -5.37. The van der Waals surface area contributed by atoms with Crippen molar-refractivity contribution in [3.8, 4) is 0 Å². The van der Waals surface area contributed by atoms with Crippen molar-refractivity contribution in [2.24, 2.45) is 0 Å². The van der Waals surface area contributed by atoms with Gasteiger partial charge in [0, 0.05) is 0 Å². The molecule has 1 fully saturated rings. The molecule has 1 heterocycles. The van der Waals surface area contributed by atoms with Gasteiger partial charge in [-0.3, -0.25) is 4.79 Å². The second-order valence-electron chi connectivity index (χ2n) is 8.30. The topological polar surface area (TPSA) is 195 Å². The highest BCUT2D eigenvalue weighted by Gasteiger charge is 2.80. The van der Waals surface area contributed by atoms with Gasteiger partial charge in [-0.1, -0.05) is 43.3 Å². The Bertz CT molecular complexity index is 1600. The van der Waals surface area contributed by atoms with Crippen LogP contribution in [0.1, 0.15) is 13.8 Å². The molecule has 0 aliphatic carbocycles. The first-order chi connectivity index (χ1) is 20.3. The highest BCUT2D eigenvalue weighted by Crippen LogP contribution is 2.72. The van der Waals surface area contributed by atoms with Crippen LogP contribution in [0.15, 0.2) is 81.7 Å². The zero-order valence-electron chi connectivity index (χ0n) is 23.7. The van der Waals surface area contributed by atoms with Crippen LogP contribution in [0.2, 0.25) is 0 Å². The molecule has 1 aliphatic rings. The average Bonchev–Trinajstić information content (AvgIpc) is 3.24. The number of urea groups is 1. The summed E-state index contributed by atoms with van der Waals surface area (Å²) >= 11 is 0. The van der Waals surface area contributed by atoms with E-state index in [9.17, 15) is 36.3 Å². The van der Waals surface area contributed by atoms with E-state index in [-0.39, 0.29) is 4.31 Å². The van der Waals surface area contributed by atoms with Crippen LogP contribution in [0, 0.1) is 0 Å². The van der Waals surface area contributed by atoms with Crippen molar-refractivity contribution in [2.75, 3.05) is 34.5 Å². The molecule has 234 valence electrons. The van der Waals surface area contributed by atoms with Gasteiger partial charge in [0.25, 0.3) is 26.0 Å². The molecule has 0 aromatic heterocycles. The van der Waals surface area contributed by atoms with E-state index in [1.54, 1.807) is 0 Å². The Kier molecular flexibility index (Phi) is 10.2. The summed E-state index contributed by atoms with van der Waals surface area (Å²) in [5, 5.41) is 12.5. The molecular formula is C25H29N2O13PS2. The number of hydrogen-bond acceptors (Lipinski definition) is 13. The van der Waals surface area contributed by atoms with Crippen LogP contribution in [-0.2, 0) is 52.7 Å². The number of benzene rings is 2. The maximum absolute atomic E-state index is 14.5. The van der Waals surface area contributed by atoms with Crippen LogP contribution < -0.4 is 5.11 Å². The molecule has 1 atom stereocenters. The SMILES string of the molecule is CCOC(=O)C1(/C(=C(\[O-])OCC)[P+](OC)(OC)OC)C(=O)N(S(=O)(=O)c2ccccc2)C(=O)N1S(=O)(=O)c1ccccc1. The summed E-state index contributed by atoms with van der Waals surface area (Å²) in [4.78, 5) is 41.5. The van der Waals surface area contributed by atoms with Gasteiger partial charge in [-0.25, -0.2) is 26.4 Å². The predicted octanol–water partition coefficient (Wildman–Crippen LogP) is 1.60. The number of sulfonamides is 2. The molecule has 0 radical (unpaired) electrons. The number of carbonyl (C=O) groups is 3. The van der Waals surface area contributed by atoms with Gasteiger partial charge in [0.15, 0.2) is 0 Å². The van der Waals surface area contributed by atoms with Crippen LogP contribution in [0.3, 0.4) is 0 Å². The Balaban J connectivity index is 2.65. The maximum atomic E-state index is 14.5. The summed E-state index contributed by atoms with van der Waals surface area (Å²) in [6.07, 6.45) is 0. The number of ether oxygens (including phenoxy) is 2. The molecule has 43 heavy (non-hydrogen) atoms. The summed E-state index contributed by atoms with van der Waals surface area (Å²) in [7, 11) is -12.2. The highest BCUT2D eigenvalue weighted by atomic mass is 32.2. The van der Waals surface area contributed by atoms with Crippen LogP contribution in [0.25, 0.3) is 0 Å². The molecule has 0 N–H and O–H groups in total. The fourth-order valence-corrected chi connectivity index (χ4v) is 9.33. The quantitative estimate of drug-likeness (QED) is 0.0989.